The highest BCUT2D eigenvalue weighted by Crippen LogP contribution is 2.12. The average molecular weight is 653 g/mol. The summed E-state index contributed by atoms with van der Waals surface area (Å²) in [5.41, 5.74) is 5.75. The number of carboxylic acids is 1. The van der Waals surface area contributed by atoms with Crippen LogP contribution in [0.5, 0.6) is 0 Å². The first-order valence-electron chi connectivity index (χ1n) is 15.2. The number of nitrogens with zero attached hydrogens (tertiary/aromatic N) is 1. The van der Waals surface area contributed by atoms with E-state index in [-0.39, 0.29) is 43.2 Å². The molecule has 1 aromatic rings. The number of nitrogens with two attached hydrogens (primary N) is 1. The molecule has 11 N–H and O–H groups in total. The summed E-state index contributed by atoms with van der Waals surface area (Å²) in [6.45, 7) is 4.56. The zero-order chi connectivity index (χ0) is 33.4. The number of hydrogen-bond donors (Lipinski definition) is 10. The Labute approximate surface area is 267 Å². The van der Waals surface area contributed by atoms with Crippen LogP contribution in [0.1, 0.15) is 58.1 Å². The highest BCUT2D eigenvalue weighted by molar-refractivity contribution is 7.98. The molecule has 0 radical (unpaired) electrons. The van der Waals surface area contributed by atoms with Gasteiger partial charge in [0.15, 0.2) is 5.96 Å². The van der Waals surface area contributed by atoms with E-state index < -0.39 is 47.9 Å². The van der Waals surface area contributed by atoms with Gasteiger partial charge in [0.25, 0.3) is 0 Å². The fourth-order valence-corrected chi connectivity index (χ4v) is 5.25. The van der Waals surface area contributed by atoms with E-state index in [1.165, 1.54) is 18.1 Å². The molecule has 4 amide bonds. The number of nitrogens with one attached hydrogen (secondary N) is 8. The second-order valence-corrected chi connectivity index (χ2v) is 12.1. The van der Waals surface area contributed by atoms with Crippen molar-refractivity contribution in [1.29, 1.82) is 5.41 Å². The van der Waals surface area contributed by atoms with Gasteiger partial charge in [-0.1, -0.05) is 20.3 Å². The van der Waals surface area contributed by atoms with E-state index in [9.17, 15) is 29.1 Å². The van der Waals surface area contributed by atoms with Gasteiger partial charge in [0.05, 0.1) is 18.1 Å². The molecule has 17 heteroatoms. The van der Waals surface area contributed by atoms with Gasteiger partial charge in [-0.2, -0.15) is 11.8 Å². The summed E-state index contributed by atoms with van der Waals surface area (Å²) in [7, 11) is 0. The fourth-order valence-electron chi connectivity index (χ4n) is 4.78. The van der Waals surface area contributed by atoms with Gasteiger partial charge in [-0.3, -0.25) is 24.6 Å². The standard InChI is InChI=1S/C28H48N10O6S/c1-4-16(2)22(26(42)36-20(27(43)44)8-6-11-33-28(29)30)38-25(41)21(13-17-14-31-15-34-17)37-24(40)19(9-12-45-3)35-23(39)18-7-5-10-32-18/h14-16,18-22,32H,4-13H2,1-3H3,(H,31,34)(H,35,39)(H,36,42)(H,37,40)(H,38,41)(H,43,44)(H4,29,30,33)/t16-,18-,19-,20-,21-,22-/m0/s1. The molecule has 2 heterocycles. The number of carbonyl (C=O) groups excluding carboxylic acids is 4. The number of imidazole rings is 1. The Morgan fingerprint density at radius 2 is 1.80 bits per heavy atom. The Morgan fingerprint density at radius 3 is 2.38 bits per heavy atom. The Bertz CT molecular complexity index is 1130. The minimum absolute atomic E-state index is 0.00416. The highest BCUT2D eigenvalue weighted by Gasteiger charge is 2.34. The third kappa shape index (κ3) is 13.0. The molecular weight excluding hydrogens is 604 g/mol. The van der Waals surface area contributed by atoms with Crippen molar-refractivity contribution in [2.75, 3.05) is 25.1 Å². The monoisotopic (exact) mass is 652 g/mol. The maximum atomic E-state index is 13.7. The van der Waals surface area contributed by atoms with Gasteiger partial charge in [-0.05, 0) is 56.6 Å². The lowest BCUT2D eigenvalue weighted by Crippen LogP contribution is -2.60. The fraction of sp³-hybridized carbons (Fsp3) is 0.679. The first kappa shape index (κ1) is 37.3. The van der Waals surface area contributed by atoms with Crippen molar-refractivity contribution < 1.29 is 29.1 Å². The van der Waals surface area contributed by atoms with E-state index in [1.807, 2.05) is 13.2 Å². The summed E-state index contributed by atoms with van der Waals surface area (Å²) in [6.07, 6.45) is 7.68. The van der Waals surface area contributed by atoms with Crippen molar-refractivity contribution in [3.05, 3.63) is 18.2 Å². The first-order chi connectivity index (χ1) is 21.5. The van der Waals surface area contributed by atoms with Gasteiger partial charge in [0.1, 0.15) is 24.2 Å². The lowest BCUT2D eigenvalue weighted by Gasteiger charge is -2.28. The number of carbonyl (C=O) groups is 5. The Morgan fingerprint density at radius 1 is 1.09 bits per heavy atom. The van der Waals surface area contributed by atoms with Gasteiger partial charge in [-0.25, -0.2) is 9.78 Å². The molecule has 16 nitrogen and oxygen atoms in total. The topological polar surface area (TPSA) is 256 Å². The molecule has 6 atom stereocenters. The zero-order valence-electron chi connectivity index (χ0n) is 26.1. The quantitative estimate of drug-likeness (QED) is 0.0454. The zero-order valence-corrected chi connectivity index (χ0v) is 26.9. The molecule has 0 bridgehead atoms. The van der Waals surface area contributed by atoms with Crippen LogP contribution in [0.3, 0.4) is 0 Å². The van der Waals surface area contributed by atoms with E-state index in [2.05, 4.69) is 41.9 Å². The second kappa shape index (κ2) is 19.5. The van der Waals surface area contributed by atoms with Crippen molar-refractivity contribution in [3.8, 4) is 0 Å². The van der Waals surface area contributed by atoms with Crippen LogP contribution in [-0.2, 0) is 30.4 Å². The Balaban J connectivity index is 2.20. The maximum absolute atomic E-state index is 13.7. The molecule has 1 fully saturated rings. The average Bonchev–Trinajstić information content (AvgIpc) is 3.73. The van der Waals surface area contributed by atoms with E-state index in [0.717, 1.165) is 13.0 Å². The lowest BCUT2D eigenvalue weighted by molar-refractivity contribution is -0.143. The SMILES string of the molecule is CC[C@H](C)[C@H](NC(=O)[C@H](Cc1c[nH]cn1)NC(=O)[C@H](CCSC)NC(=O)[C@@H]1CCCN1)C(=O)N[C@@H](CCCNC(=N)N)C(=O)O. The highest BCUT2D eigenvalue weighted by atomic mass is 32.2. The number of aromatic nitrogens is 2. The predicted octanol–water partition coefficient (Wildman–Crippen LogP) is -1.21. The van der Waals surface area contributed by atoms with Crippen LogP contribution in [-0.4, -0.2) is 106 Å². The molecule has 0 aromatic carbocycles. The van der Waals surface area contributed by atoms with Gasteiger partial charge < -0.3 is 47.7 Å². The third-order valence-electron chi connectivity index (χ3n) is 7.61. The van der Waals surface area contributed by atoms with E-state index >= 15 is 0 Å². The number of carboxylic acid groups (broad SMARTS) is 1. The number of aliphatic carboxylic acids is 1. The Kier molecular flexibility index (Phi) is 16.2. The van der Waals surface area contributed by atoms with Crippen molar-refractivity contribution >= 4 is 47.3 Å². The third-order valence-corrected chi connectivity index (χ3v) is 8.26. The molecule has 1 aliphatic heterocycles. The molecule has 0 saturated carbocycles. The summed E-state index contributed by atoms with van der Waals surface area (Å²) in [5.74, 6) is -3.42. The summed E-state index contributed by atoms with van der Waals surface area (Å²) in [4.78, 5) is 72.2. The molecule has 45 heavy (non-hydrogen) atoms. The molecule has 2 rings (SSSR count). The number of aromatic amines is 1. The molecule has 0 spiro atoms. The smallest absolute Gasteiger partial charge is 0.326 e. The summed E-state index contributed by atoms with van der Waals surface area (Å²) in [5, 5.41) is 33.4. The van der Waals surface area contributed by atoms with Gasteiger partial charge in [0, 0.05) is 19.2 Å². The van der Waals surface area contributed by atoms with Crippen LogP contribution in [0.4, 0.5) is 0 Å². The van der Waals surface area contributed by atoms with Crippen LogP contribution in [0, 0.1) is 11.3 Å². The Hall–Kier alpha value is -3.86. The lowest BCUT2D eigenvalue weighted by atomic mass is 9.96. The second-order valence-electron chi connectivity index (χ2n) is 11.1. The van der Waals surface area contributed by atoms with Crippen molar-refractivity contribution in [2.45, 2.75) is 89.0 Å². The van der Waals surface area contributed by atoms with Crippen LogP contribution in [0.15, 0.2) is 12.5 Å². The van der Waals surface area contributed by atoms with Crippen molar-refractivity contribution in [2.24, 2.45) is 11.7 Å². The number of thioether (sulfide) groups is 1. The normalized spacial score (nSPS) is 17.6. The molecular formula is C28H48N10O6S. The molecule has 1 aromatic heterocycles. The molecule has 0 aliphatic carbocycles. The minimum atomic E-state index is -1.24. The summed E-state index contributed by atoms with van der Waals surface area (Å²) >= 11 is 1.52. The number of amides is 4. The van der Waals surface area contributed by atoms with Crippen molar-refractivity contribution in [3.63, 3.8) is 0 Å². The number of guanidine groups is 1. The van der Waals surface area contributed by atoms with Crippen LogP contribution < -0.4 is 37.6 Å². The van der Waals surface area contributed by atoms with Gasteiger partial charge in [-0.15, -0.1) is 0 Å². The van der Waals surface area contributed by atoms with Gasteiger partial charge >= 0.3 is 5.97 Å². The minimum Gasteiger partial charge on any atom is -0.480 e. The number of H-pyrrole nitrogens is 1. The van der Waals surface area contributed by atoms with Crippen LogP contribution in [0.25, 0.3) is 0 Å². The van der Waals surface area contributed by atoms with Crippen LogP contribution in [0.2, 0.25) is 0 Å². The summed E-state index contributed by atoms with van der Waals surface area (Å²) in [6, 6.07) is -4.74. The predicted molar refractivity (Wildman–Crippen MR) is 170 cm³/mol. The van der Waals surface area contributed by atoms with Crippen LogP contribution >= 0.6 is 11.8 Å². The number of rotatable bonds is 20. The van der Waals surface area contributed by atoms with Crippen molar-refractivity contribution in [1.82, 2.24) is 41.9 Å². The van der Waals surface area contributed by atoms with E-state index in [4.69, 9.17) is 11.1 Å². The van der Waals surface area contributed by atoms with E-state index in [1.54, 1.807) is 13.1 Å². The van der Waals surface area contributed by atoms with Gasteiger partial charge in [0.2, 0.25) is 23.6 Å². The largest absolute Gasteiger partial charge is 0.480 e. The molecule has 1 saturated heterocycles. The first-order valence-corrected chi connectivity index (χ1v) is 16.6. The molecule has 252 valence electrons. The molecule has 1 aliphatic rings. The van der Waals surface area contributed by atoms with E-state index in [0.29, 0.717) is 37.1 Å². The number of hydrogen-bond acceptors (Lipinski definition) is 9. The molecule has 0 unspecified atom stereocenters. The summed E-state index contributed by atoms with van der Waals surface area (Å²) < 4.78 is 0. The maximum Gasteiger partial charge on any atom is 0.326 e.